The molecule has 288 valence electrons. The topological polar surface area (TPSA) is 97.6 Å². The molecular weight excluding hydrogens is 628 g/mol. The molecule has 0 aromatic heterocycles. The van der Waals surface area contributed by atoms with Crippen LogP contribution < -0.4 is 26.6 Å². The molecule has 10 aliphatic rings. The molecule has 10 rings (SSSR count). The lowest BCUT2D eigenvalue weighted by molar-refractivity contribution is -0.0293. The minimum atomic E-state index is 0.0718. The standard InChI is InChI=1S/C8H14N2O.2C8H16N2.C8H14O2.C7H14N2/c1-7-10-6-8(11-7)2-4-9-5-3-8;1-10-5-3-8(7-10)2-4-9-6-8;1-2-10-6-8(7-10)3-4-9-5-8;1-2-4-8(5-3-1)6-9-7-10-8;1-9-5-7(6-9)2-3-8-4-7/h9-10H,1-6H2;2*9H,2-7H2,1H3;1-7H2;8H,2-6H2,1H3. The van der Waals surface area contributed by atoms with E-state index in [2.05, 4.69) is 68.9 Å². The predicted octanol–water partition coefficient (Wildman–Crippen LogP) is 2.41. The molecule has 5 N–H and O–H groups in total. The molecule has 1 aliphatic carbocycles. The average molecular weight is 703 g/mol. The lowest BCUT2D eigenvalue weighted by atomic mass is 9.79. The van der Waals surface area contributed by atoms with E-state index in [0.717, 1.165) is 45.0 Å². The largest absolute Gasteiger partial charge is 0.471 e. The van der Waals surface area contributed by atoms with Crippen LogP contribution in [0.2, 0.25) is 0 Å². The van der Waals surface area contributed by atoms with Gasteiger partial charge in [-0.3, -0.25) is 0 Å². The van der Waals surface area contributed by atoms with Crippen molar-refractivity contribution in [2.24, 2.45) is 16.2 Å². The first-order valence-electron chi connectivity index (χ1n) is 20.4. The summed E-state index contributed by atoms with van der Waals surface area (Å²) in [5.74, 6) is 0.743. The van der Waals surface area contributed by atoms with E-state index < -0.39 is 0 Å². The Morgan fingerprint density at radius 1 is 0.620 bits per heavy atom. The number of nitrogens with one attached hydrogen (secondary N) is 5. The maximum Gasteiger partial charge on any atom is 0.180 e. The zero-order valence-corrected chi connectivity index (χ0v) is 32.3. The Balaban J connectivity index is 0.000000108. The summed E-state index contributed by atoms with van der Waals surface area (Å²) in [6.07, 6.45) is 14.3. The summed E-state index contributed by atoms with van der Waals surface area (Å²) in [5.41, 5.74) is 2.31. The van der Waals surface area contributed by atoms with Gasteiger partial charge >= 0.3 is 0 Å². The van der Waals surface area contributed by atoms with Crippen molar-refractivity contribution in [2.45, 2.75) is 88.8 Å². The van der Waals surface area contributed by atoms with E-state index >= 15 is 0 Å². The van der Waals surface area contributed by atoms with Gasteiger partial charge in [-0.15, -0.1) is 0 Å². The van der Waals surface area contributed by atoms with Gasteiger partial charge in [-0.05, 0) is 110 Å². The normalized spacial score (nSPS) is 32.9. The molecule has 9 aliphatic heterocycles. The highest BCUT2D eigenvalue weighted by molar-refractivity contribution is 5.02. The first-order valence-corrected chi connectivity index (χ1v) is 20.4. The van der Waals surface area contributed by atoms with Crippen LogP contribution in [0.5, 0.6) is 0 Å². The third-order valence-corrected chi connectivity index (χ3v) is 13.4. The van der Waals surface area contributed by atoms with Gasteiger partial charge in [-0.25, -0.2) is 0 Å². The number of likely N-dealkylation sites (tertiary alicyclic amines) is 3. The Morgan fingerprint density at radius 3 is 1.66 bits per heavy atom. The minimum absolute atomic E-state index is 0.0718. The van der Waals surface area contributed by atoms with Gasteiger partial charge in [-0.1, -0.05) is 26.2 Å². The van der Waals surface area contributed by atoms with Gasteiger partial charge in [0.1, 0.15) is 12.4 Å². The Labute approximate surface area is 304 Å². The van der Waals surface area contributed by atoms with Crippen molar-refractivity contribution in [1.29, 1.82) is 0 Å². The smallest absolute Gasteiger partial charge is 0.180 e. The van der Waals surface area contributed by atoms with E-state index in [9.17, 15) is 0 Å². The van der Waals surface area contributed by atoms with Crippen LogP contribution in [0, 0.1) is 16.2 Å². The molecule has 5 spiro atoms. The van der Waals surface area contributed by atoms with E-state index in [1.54, 1.807) is 0 Å². The second-order valence-electron chi connectivity index (χ2n) is 17.9. The molecule has 11 heteroatoms. The van der Waals surface area contributed by atoms with Crippen molar-refractivity contribution in [3.8, 4) is 0 Å². The summed E-state index contributed by atoms with van der Waals surface area (Å²) < 4.78 is 16.4. The van der Waals surface area contributed by atoms with Crippen LogP contribution >= 0.6 is 0 Å². The maximum atomic E-state index is 5.64. The number of hydrogen-bond acceptors (Lipinski definition) is 11. The average Bonchev–Trinajstić information content (AvgIpc) is 3.95. The predicted molar refractivity (Wildman–Crippen MR) is 202 cm³/mol. The Hall–Kier alpha value is -1.02. The summed E-state index contributed by atoms with van der Waals surface area (Å²) in [6, 6.07) is 0. The zero-order chi connectivity index (χ0) is 35.0. The SMILES string of the molecule is C1CCC2(CC1)COCO2.C=C1NCC2(CCNCC2)O1.CCN1CC2(CCNC2)C1.CN1CC2(CCNC2)C1.CN1CCC2(CCNC2)C1. The van der Waals surface area contributed by atoms with E-state index in [-0.39, 0.29) is 11.2 Å². The van der Waals surface area contributed by atoms with E-state index in [1.807, 2.05) is 0 Å². The molecular formula is C39H74N8O3. The molecule has 0 amide bonds. The van der Waals surface area contributed by atoms with Gasteiger partial charge in [0.25, 0.3) is 0 Å². The Kier molecular flexibility index (Phi) is 13.5. The molecule has 1 unspecified atom stereocenters. The van der Waals surface area contributed by atoms with Crippen molar-refractivity contribution in [1.82, 2.24) is 41.3 Å². The van der Waals surface area contributed by atoms with E-state index in [1.165, 1.54) is 143 Å². The molecule has 10 fully saturated rings. The van der Waals surface area contributed by atoms with Gasteiger partial charge in [-0.2, -0.15) is 0 Å². The van der Waals surface area contributed by atoms with Crippen LogP contribution in [0.25, 0.3) is 0 Å². The van der Waals surface area contributed by atoms with Crippen molar-refractivity contribution in [3.63, 3.8) is 0 Å². The molecule has 9 saturated heterocycles. The summed E-state index contributed by atoms with van der Waals surface area (Å²) in [7, 11) is 4.43. The molecule has 9 heterocycles. The van der Waals surface area contributed by atoms with Crippen LogP contribution in [-0.4, -0.2) is 158 Å². The Bertz CT molecular complexity index is 1010. The van der Waals surface area contributed by atoms with Crippen LogP contribution in [0.1, 0.15) is 77.6 Å². The molecule has 50 heavy (non-hydrogen) atoms. The van der Waals surface area contributed by atoms with Crippen molar-refractivity contribution < 1.29 is 14.2 Å². The minimum Gasteiger partial charge on any atom is -0.471 e. The Morgan fingerprint density at radius 2 is 1.20 bits per heavy atom. The molecule has 0 bridgehead atoms. The number of ether oxygens (including phenoxy) is 3. The second-order valence-corrected chi connectivity index (χ2v) is 17.9. The quantitative estimate of drug-likeness (QED) is 0.279. The molecule has 0 aromatic carbocycles. The fraction of sp³-hybridized carbons (Fsp3) is 0.949. The third kappa shape index (κ3) is 10.1. The molecule has 0 aromatic rings. The lowest BCUT2D eigenvalue weighted by Gasteiger charge is -2.47. The number of hydrogen-bond donors (Lipinski definition) is 5. The van der Waals surface area contributed by atoms with Crippen LogP contribution in [0.15, 0.2) is 12.5 Å². The number of rotatable bonds is 1. The number of piperidine rings is 1. The number of nitrogens with zero attached hydrogens (tertiary/aromatic N) is 3. The molecule has 1 saturated carbocycles. The lowest BCUT2D eigenvalue weighted by Crippen LogP contribution is -2.56. The first kappa shape index (κ1) is 38.7. The second kappa shape index (κ2) is 17.4. The van der Waals surface area contributed by atoms with Crippen LogP contribution in [0.4, 0.5) is 0 Å². The monoisotopic (exact) mass is 703 g/mol. The third-order valence-electron chi connectivity index (χ3n) is 13.4. The van der Waals surface area contributed by atoms with Gasteiger partial charge in [0.2, 0.25) is 0 Å². The van der Waals surface area contributed by atoms with Crippen LogP contribution in [0.3, 0.4) is 0 Å². The van der Waals surface area contributed by atoms with Gasteiger partial charge < -0.3 is 55.5 Å². The summed E-state index contributed by atoms with van der Waals surface area (Å²) in [5, 5.41) is 16.7. The van der Waals surface area contributed by atoms with Crippen molar-refractivity contribution in [2.75, 3.05) is 132 Å². The summed E-state index contributed by atoms with van der Waals surface area (Å²) in [4.78, 5) is 7.37. The maximum absolute atomic E-state index is 5.64. The van der Waals surface area contributed by atoms with Crippen molar-refractivity contribution in [3.05, 3.63) is 12.5 Å². The van der Waals surface area contributed by atoms with Crippen LogP contribution in [-0.2, 0) is 14.2 Å². The molecule has 11 nitrogen and oxygen atoms in total. The molecule has 1 atom stereocenters. The highest BCUT2D eigenvalue weighted by Crippen LogP contribution is 2.37. The van der Waals surface area contributed by atoms with E-state index in [4.69, 9.17) is 14.2 Å². The van der Waals surface area contributed by atoms with E-state index in [0.29, 0.717) is 23.0 Å². The van der Waals surface area contributed by atoms with Crippen molar-refractivity contribution >= 4 is 0 Å². The van der Waals surface area contributed by atoms with Gasteiger partial charge in [0, 0.05) is 76.0 Å². The summed E-state index contributed by atoms with van der Waals surface area (Å²) in [6.45, 7) is 27.1. The first-order chi connectivity index (χ1) is 24.2. The van der Waals surface area contributed by atoms with Gasteiger partial charge in [0.15, 0.2) is 5.88 Å². The zero-order valence-electron chi connectivity index (χ0n) is 32.3. The highest BCUT2D eigenvalue weighted by atomic mass is 16.7. The highest BCUT2D eigenvalue weighted by Gasteiger charge is 2.44. The molecule has 0 radical (unpaired) electrons. The van der Waals surface area contributed by atoms with Gasteiger partial charge in [0.05, 0.1) is 18.8 Å². The fourth-order valence-electron chi connectivity index (χ4n) is 10.3. The summed E-state index contributed by atoms with van der Waals surface area (Å²) >= 11 is 0. The fourth-order valence-corrected chi connectivity index (χ4v) is 10.3.